The summed E-state index contributed by atoms with van der Waals surface area (Å²) in [5.74, 6) is -0.0434. The van der Waals surface area contributed by atoms with Crippen LogP contribution in [-0.2, 0) is 0 Å². The first-order valence-electron chi connectivity index (χ1n) is 7.58. The molecular formula is C18H13FN6. The van der Waals surface area contributed by atoms with Crippen molar-refractivity contribution >= 4 is 5.69 Å². The van der Waals surface area contributed by atoms with Gasteiger partial charge in [0.05, 0.1) is 5.69 Å². The summed E-state index contributed by atoms with van der Waals surface area (Å²) < 4.78 is 14.1. The maximum absolute atomic E-state index is 14.1. The Bertz CT molecular complexity index is 1030. The lowest BCUT2D eigenvalue weighted by Gasteiger charge is -2.08. The van der Waals surface area contributed by atoms with Gasteiger partial charge in [0.1, 0.15) is 11.5 Å². The summed E-state index contributed by atoms with van der Waals surface area (Å²) >= 11 is 0. The number of anilines is 1. The highest BCUT2D eigenvalue weighted by Gasteiger charge is 2.11. The Morgan fingerprint density at radius 1 is 0.960 bits per heavy atom. The normalized spacial score (nSPS) is 10.8. The number of hydrogen-bond donors (Lipinski definition) is 1. The molecule has 0 aliphatic rings. The molecule has 7 heteroatoms. The van der Waals surface area contributed by atoms with E-state index in [-0.39, 0.29) is 0 Å². The average Bonchev–Trinajstić information content (AvgIpc) is 3.12. The van der Waals surface area contributed by atoms with E-state index in [1.165, 1.54) is 16.9 Å². The number of halogens is 1. The quantitative estimate of drug-likeness (QED) is 0.583. The van der Waals surface area contributed by atoms with E-state index in [1.807, 2.05) is 24.3 Å². The maximum Gasteiger partial charge on any atom is 0.223 e. The SMILES string of the molecule is Nc1ccccc1-c1cc(F)cc(-n2nnc(-c3ccccn3)n2)c1. The molecule has 0 bridgehead atoms. The summed E-state index contributed by atoms with van der Waals surface area (Å²) in [5.41, 5.74) is 8.99. The highest BCUT2D eigenvalue weighted by Crippen LogP contribution is 2.28. The van der Waals surface area contributed by atoms with Gasteiger partial charge in [0.2, 0.25) is 5.82 Å². The molecule has 2 aromatic heterocycles. The van der Waals surface area contributed by atoms with Crippen LogP contribution >= 0.6 is 0 Å². The third-order valence-electron chi connectivity index (χ3n) is 3.69. The van der Waals surface area contributed by atoms with Gasteiger partial charge in [0, 0.05) is 23.5 Å². The molecule has 25 heavy (non-hydrogen) atoms. The summed E-state index contributed by atoms with van der Waals surface area (Å²) in [6, 6.07) is 17.2. The molecule has 2 heterocycles. The van der Waals surface area contributed by atoms with Gasteiger partial charge in [-0.1, -0.05) is 24.3 Å². The standard InChI is InChI=1S/C18H13FN6/c19-13-9-12(15-5-1-2-6-16(15)20)10-14(11-13)25-23-18(22-24-25)17-7-3-4-8-21-17/h1-11H,20H2. The number of hydrogen-bond acceptors (Lipinski definition) is 5. The number of nitrogen functional groups attached to an aromatic ring is 1. The van der Waals surface area contributed by atoms with Gasteiger partial charge < -0.3 is 5.73 Å². The Morgan fingerprint density at radius 2 is 1.80 bits per heavy atom. The Hall–Kier alpha value is -3.61. The van der Waals surface area contributed by atoms with Crippen molar-refractivity contribution < 1.29 is 4.39 Å². The van der Waals surface area contributed by atoms with Gasteiger partial charge in [0.15, 0.2) is 0 Å². The predicted octanol–water partition coefficient (Wildman–Crippen LogP) is 3.11. The minimum atomic E-state index is -0.410. The molecule has 2 aromatic carbocycles. The molecule has 0 amide bonds. The van der Waals surface area contributed by atoms with Crippen LogP contribution in [-0.4, -0.2) is 25.2 Å². The highest BCUT2D eigenvalue weighted by atomic mass is 19.1. The van der Waals surface area contributed by atoms with Gasteiger partial charge in [-0.25, -0.2) is 4.39 Å². The number of aromatic nitrogens is 5. The monoisotopic (exact) mass is 332 g/mol. The van der Waals surface area contributed by atoms with E-state index in [0.29, 0.717) is 28.5 Å². The van der Waals surface area contributed by atoms with E-state index >= 15 is 0 Å². The van der Waals surface area contributed by atoms with E-state index in [1.54, 1.807) is 30.5 Å². The molecular weight excluding hydrogens is 319 g/mol. The first kappa shape index (κ1) is 14.9. The minimum absolute atomic E-state index is 0.366. The second-order valence-corrected chi connectivity index (χ2v) is 5.40. The molecule has 0 spiro atoms. The molecule has 0 unspecified atom stereocenters. The molecule has 4 aromatic rings. The van der Waals surface area contributed by atoms with Crippen LogP contribution in [0.25, 0.3) is 28.3 Å². The predicted molar refractivity (Wildman–Crippen MR) is 92.2 cm³/mol. The lowest BCUT2D eigenvalue weighted by Crippen LogP contribution is -2.01. The molecule has 6 nitrogen and oxygen atoms in total. The van der Waals surface area contributed by atoms with Crippen molar-refractivity contribution in [2.45, 2.75) is 0 Å². The third-order valence-corrected chi connectivity index (χ3v) is 3.69. The molecule has 0 fully saturated rings. The van der Waals surface area contributed by atoms with Crippen LogP contribution in [0, 0.1) is 5.82 Å². The number of rotatable bonds is 3. The third kappa shape index (κ3) is 2.94. The topological polar surface area (TPSA) is 82.5 Å². The summed E-state index contributed by atoms with van der Waals surface area (Å²) in [6.07, 6.45) is 1.65. The lowest BCUT2D eigenvalue weighted by atomic mass is 10.0. The molecule has 0 radical (unpaired) electrons. The molecule has 0 atom stereocenters. The maximum atomic E-state index is 14.1. The summed E-state index contributed by atoms with van der Waals surface area (Å²) in [7, 11) is 0. The highest BCUT2D eigenvalue weighted by molar-refractivity contribution is 5.77. The van der Waals surface area contributed by atoms with Crippen LogP contribution in [0.3, 0.4) is 0 Å². The summed E-state index contributed by atoms with van der Waals surface area (Å²) in [4.78, 5) is 5.45. The van der Waals surface area contributed by atoms with Crippen molar-refractivity contribution in [1.29, 1.82) is 0 Å². The zero-order valence-electron chi connectivity index (χ0n) is 13.0. The number of para-hydroxylation sites is 1. The van der Waals surface area contributed by atoms with E-state index < -0.39 is 5.82 Å². The van der Waals surface area contributed by atoms with Crippen molar-refractivity contribution in [2.75, 3.05) is 5.73 Å². The van der Waals surface area contributed by atoms with E-state index in [2.05, 4.69) is 20.4 Å². The Labute approximate surface area is 142 Å². The Morgan fingerprint density at radius 3 is 2.60 bits per heavy atom. The van der Waals surface area contributed by atoms with Crippen molar-refractivity contribution in [3.8, 4) is 28.3 Å². The zero-order valence-corrected chi connectivity index (χ0v) is 13.0. The first-order valence-corrected chi connectivity index (χ1v) is 7.58. The van der Waals surface area contributed by atoms with Crippen LogP contribution in [0.4, 0.5) is 10.1 Å². The molecule has 2 N–H and O–H groups in total. The second kappa shape index (κ2) is 6.12. The Kier molecular flexibility index (Phi) is 3.66. The van der Waals surface area contributed by atoms with Crippen LogP contribution in [0.15, 0.2) is 66.9 Å². The molecule has 4 rings (SSSR count). The van der Waals surface area contributed by atoms with Gasteiger partial charge in [0.25, 0.3) is 0 Å². The van der Waals surface area contributed by atoms with E-state index in [0.717, 1.165) is 5.56 Å². The zero-order chi connectivity index (χ0) is 17.2. The van der Waals surface area contributed by atoms with Gasteiger partial charge >= 0.3 is 0 Å². The summed E-state index contributed by atoms with van der Waals surface area (Å²) in [6.45, 7) is 0. The largest absolute Gasteiger partial charge is 0.398 e. The molecule has 122 valence electrons. The number of nitrogens with two attached hydrogens (primary N) is 1. The van der Waals surface area contributed by atoms with Crippen LogP contribution in [0.2, 0.25) is 0 Å². The molecule has 0 saturated heterocycles. The van der Waals surface area contributed by atoms with Crippen molar-refractivity contribution in [1.82, 2.24) is 25.2 Å². The summed E-state index contributed by atoms with van der Waals surface area (Å²) in [5, 5.41) is 12.3. The van der Waals surface area contributed by atoms with E-state index in [9.17, 15) is 4.39 Å². The second-order valence-electron chi connectivity index (χ2n) is 5.40. The van der Waals surface area contributed by atoms with Crippen LogP contribution in [0.1, 0.15) is 0 Å². The lowest BCUT2D eigenvalue weighted by molar-refractivity contribution is 0.621. The molecule has 0 aliphatic heterocycles. The van der Waals surface area contributed by atoms with Gasteiger partial charge in [-0.15, -0.1) is 15.0 Å². The number of nitrogens with zero attached hydrogens (tertiary/aromatic N) is 5. The fraction of sp³-hybridized carbons (Fsp3) is 0. The smallest absolute Gasteiger partial charge is 0.223 e. The van der Waals surface area contributed by atoms with Gasteiger partial charge in [-0.05, 0) is 41.1 Å². The Balaban J connectivity index is 1.77. The fourth-order valence-electron chi connectivity index (χ4n) is 2.53. The number of pyridine rings is 1. The van der Waals surface area contributed by atoms with Crippen LogP contribution in [0.5, 0.6) is 0 Å². The van der Waals surface area contributed by atoms with E-state index in [4.69, 9.17) is 5.73 Å². The van der Waals surface area contributed by atoms with Crippen molar-refractivity contribution in [3.05, 3.63) is 72.7 Å². The molecule has 0 saturated carbocycles. The van der Waals surface area contributed by atoms with Gasteiger partial charge in [-0.3, -0.25) is 4.98 Å². The average molecular weight is 332 g/mol. The number of tetrazole rings is 1. The fourth-order valence-corrected chi connectivity index (χ4v) is 2.53. The number of benzene rings is 2. The van der Waals surface area contributed by atoms with Crippen LogP contribution < -0.4 is 5.73 Å². The van der Waals surface area contributed by atoms with Crippen molar-refractivity contribution in [3.63, 3.8) is 0 Å². The molecule has 0 aliphatic carbocycles. The van der Waals surface area contributed by atoms with Gasteiger partial charge in [-0.2, -0.15) is 0 Å². The first-order chi connectivity index (χ1) is 12.2. The van der Waals surface area contributed by atoms with Crippen molar-refractivity contribution in [2.24, 2.45) is 0 Å². The minimum Gasteiger partial charge on any atom is -0.398 e.